The Morgan fingerprint density at radius 1 is 1.47 bits per heavy atom. The SMILES string of the molecule is [N-]=[N+]=Nc1ccccc1C(=O)Nc1nccs1. The zero-order valence-electron chi connectivity index (χ0n) is 8.57. The Kier molecular flexibility index (Phi) is 3.34. The molecule has 1 heterocycles. The van der Waals surface area contributed by atoms with E-state index in [0.717, 1.165) is 0 Å². The average molecular weight is 245 g/mol. The Morgan fingerprint density at radius 3 is 3.00 bits per heavy atom. The van der Waals surface area contributed by atoms with E-state index in [1.165, 1.54) is 11.3 Å². The molecule has 0 radical (unpaired) electrons. The molecule has 0 fully saturated rings. The van der Waals surface area contributed by atoms with Gasteiger partial charge >= 0.3 is 0 Å². The second-order valence-electron chi connectivity index (χ2n) is 3.00. The van der Waals surface area contributed by atoms with Gasteiger partial charge in [0.15, 0.2) is 5.13 Å². The van der Waals surface area contributed by atoms with Crippen LogP contribution < -0.4 is 5.32 Å². The topological polar surface area (TPSA) is 90.8 Å². The first kappa shape index (κ1) is 11.1. The number of carbonyl (C=O) groups excluding carboxylic acids is 1. The summed E-state index contributed by atoms with van der Waals surface area (Å²) in [6.45, 7) is 0. The number of carbonyl (C=O) groups is 1. The van der Waals surface area contributed by atoms with E-state index in [-0.39, 0.29) is 5.91 Å². The number of thiazole rings is 1. The summed E-state index contributed by atoms with van der Waals surface area (Å²) in [6.07, 6.45) is 1.60. The van der Waals surface area contributed by atoms with Crippen LogP contribution in [0.2, 0.25) is 0 Å². The van der Waals surface area contributed by atoms with E-state index < -0.39 is 0 Å². The fraction of sp³-hybridized carbons (Fsp3) is 0. The van der Waals surface area contributed by atoms with Crippen molar-refractivity contribution >= 4 is 28.1 Å². The van der Waals surface area contributed by atoms with Gasteiger partial charge in [-0.2, -0.15) is 0 Å². The highest BCUT2D eigenvalue weighted by Gasteiger charge is 2.10. The molecule has 1 aromatic heterocycles. The van der Waals surface area contributed by atoms with Gasteiger partial charge in [0.2, 0.25) is 0 Å². The second kappa shape index (κ2) is 5.11. The lowest BCUT2D eigenvalue weighted by Crippen LogP contribution is -2.11. The van der Waals surface area contributed by atoms with Crippen molar-refractivity contribution < 1.29 is 4.79 Å². The van der Waals surface area contributed by atoms with Crippen molar-refractivity contribution in [3.8, 4) is 0 Å². The molecule has 0 aliphatic heterocycles. The molecule has 0 bridgehead atoms. The number of aromatic nitrogens is 1. The highest BCUT2D eigenvalue weighted by atomic mass is 32.1. The first-order valence-corrected chi connectivity index (χ1v) is 5.54. The van der Waals surface area contributed by atoms with Gasteiger partial charge in [-0.3, -0.25) is 10.1 Å². The predicted octanol–water partition coefficient (Wildman–Crippen LogP) is 3.34. The van der Waals surface area contributed by atoms with Crippen molar-refractivity contribution in [3.05, 3.63) is 51.8 Å². The van der Waals surface area contributed by atoms with Gasteiger partial charge in [0, 0.05) is 22.1 Å². The van der Waals surface area contributed by atoms with E-state index in [4.69, 9.17) is 5.53 Å². The lowest BCUT2D eigenvalue weighted by molar-refractivity contribution is 0.102. The molecule has 1 N–H and O–H groups in total. The molecule has 2 rings (SSSR count). The number of nitrogens with zero attached hydrogens (tertiary/aromatic N) is 4. The van der Waals surface area contributed by atoms with Crippen LogP contribution in [-0.4, -0.2) is 10.9 Å². The average Bonchev–Trinajstić information content (AvgIpc) is 2.83. The van der Waals surface area contributed by atoms with Crippen LogP contribution in [0, 0.1) is 0 Å². The summed E-state index contributed by atoms with van der Waals surface area (Å²) in [5.74, 6) is -0.344. The van der Waals surface area contributed by atoms with E-state index in [1.54, 1.807) is 35.8 Å². The third-order valence-corrected chi connectivity index (χ3v) is 2.64. The van der Waals surface area contributed by atoms with Gasteiger partial charge in [0.05, 0.1) is 5.69 Å². The molecule has 7 heteroatoms. The third kappa shape index (κ3) is 2.60. The summed E-state index contributed by atoms with van der Waals surface area (Å²) in [6, 6.07) is 6.57. The quantitative estimate of drug-likeness (QED) is 0.510. The Morgan fingerprint density at radius 2 is 2.29 bits per heavy atom. The Bertz CT molecular complexity index is 574. The Balaban J connectivity index is 2.27. The first-order valence-electron chi connectivity index (χ1n) is 4.66. The normalized spacial score (nSPS) is 9.41. The van der Waals surface area contributed by atoms with Gasteiger partial charge in [-0.05, 0) is 11.6 Å². The van der Waals surface area contributed by atoms with Crippen molar-refractivity contribution in [1.29, 1.82) is 0 Å². The Labute approximate surface area is 101 Å². The van der Waals surface area contributed by atoms with Crippen LogP contribution in [0.1, 0.15) is 10.4 Å². The fourth-order valence-electron chi connectivity index (χ4n) is 1.25. The molecule has 0 atom stereocenters. The second-order valence-corrected chi connectivity index (χ2v) is 3.89. The molecule has 2 aromatic rings. The van der Waals surface area contributed by atoms with Crippen LogP contribution in [0.4, 0.5) is 10.8 Å². The summed E-state index contributed by atoms with van der Waals surface area (Å²) in [7, 11) is 0. The summed E-state index contributed by atoms with van der Waals surface area (Å²) in [4.78, 5) is 18.5. The van der Waals surface area contributed by atoms with Gasteiger partial charge in [0.1, 0.15) is 0 Å². The van der Waals surface area contributed by atoms with Gasteiger partial charge in [-0.25, -0.2) is 4.98 Å². The largest absolute Gasteiger partial charge is 0.298 e. The van der Waals surface area contributed by atoms with E-state index >= 15 is 0 Å². The fourth-order valence-corrected chi connectivity index (χ4v) is 1.77. The summed E-state index contributed by atoms with van der Waals surface area (Å²) >= 11 is 1.32. The lowest BCUT2D eigenvalue weighted by atomic mass is 10.2. The number of hydrogen-bond acceptors (Lipinski definition) is 4. The third-order valence-electron chi connectivity index (χ3n) is 1.95. The van der Waals surface area contributed by atoms with Gasteiger partial charge in [-0.15, -0.1) is 11.3 Å². The molecule has 0 saturated heterocycles. The molecule has 1 aromatic carbocycles. The smallest absolute Gasteiger partial charge is 0.257 e. The van der Waals surface area contributed by atoms with Gasteiger partial charge < -0.3 is 0 Å². The predicted molar refractivity (Wildman–Crippen MR) is 65.3 cm³/mol. The summed E-state index contributed by atoms with van der Waals surface area (Å²) in [5.41, 5.74) is 9.01. The number of azide groups is 1. The molecular weight excluding hydrogens is 238 g/mol. The molecule has 84 valence electrons. The molecular formula is C10H7N5OS. The molecule has 0 unspecified atom stereocenters. The molecule has 6 nitrogen and oxygen atoms in total. The minimum absolute atomic E-state index is 0.295. The van der Waals surface area contributed by atoms with E-state index in [1.807, 2.05) is 0 Å². The maximum Gasteiger partial charge on any atom is 0.257 e. The zero-order valence-corrected chi connectivity index (χ0v) is 9.39. The Hall–Kier alpha value is -2.37. The number of benzene rings is 1. The maximum absolute atomic E-state index is 11.9. The minimum atomic E-state index is -0.344. The number of rotatable bonds is 3. The molecule has 0 aliphatic carbocycles. The van der Waals surface area contributed by atoms with E-state index in [9.17, 15) is 4.79 Å². The van der Waals surface area contributed by atoms with Crippen LogP contribution in [0.5, 0.6) is 0 Å². The van der Waals surface area contributed by atoms with Crippen molar-refractivity contribution in [1.82, 2.24) is 4.98 Å². The van der Waals surface area contributed by atoms with Crippen LogP contribution in [-0.2, 0) is 0 Å². The zero-order chi connectivity index (χ0) is 12.1. The van der Waals surface area contributed by atoms with E-state index in [0.29, 0.717) is 16.4 Å². The minimum Gasteiger partial charge on any atom is -0.298 e. The monoisotopic (exact) mass is 245 g/mol. The van der Waals surface area contributed by atoms with Crippen molar-refractivity contribution in [2.45, 2.75) is 0 Å². The van der Waals surface area contributed by atoms with Crippen molar-refractivity contribution in [2.75, 3.05) is 5.32 Å². The molecule has 1 amide bonds. The standard InChI is InChI=1S/C10H7N5OS/c11-15-14-8-4-2-1-3-7(8)9(16)13-10-12-5-6-17-10/h1-6H,(H,12,13,16). The highest BCUT2D eigenvalue weighted by Crippen LogP contribution is 2.20. The summed E-state index contributed by atoms with van der Waals surface area (Å²) < 4.78 is 0. The molecule has 17 heavy (non-hydrogen) atoms. The van der Waals surface area contributed by atoms with Crippen molar-refractivity contribution in [2.24, 2.45) is 5.11 Å². The van der Waals surface area contributed by atoms with Crippen LogP contribution in [0.25, 0.3) is 10.4 Å². The molecule has 0 spiro atoms. The van der Waals surface area contributed by atoms with Gasteiger partial charge in [0.25, 0.3) is 5.91 Å². The number of amides is 1. The van der Waals surface area contributed by atoms with Crippen molar-refractivity contribution in [3.63, 3.8) is 0 Å². The highest BCUT2D eigenvalue weighted by molar-refractivity contribution is 7.13. The van der Waals surface area contributed by atoms with E-state index in [2.05, 4.69) is 20.3 Å². The van der Waals surface area contributed by atoms with Crippen LogP contribution in [0.3, 0.4) is 0 Å². The number of anilines is 1. The van der Waals surface area contributed by atoms with Crippen LogP contribution in [0.15, 0.2) is 41.0 Å². The molecule has 0 aliphatic rings. The number of nitrogens with one attached hydrogen (secondary N) is 1. The molecule has 0 saturated carbocycles. The lowest BCUT2D eigenvalue weighted by Gasteiger charge is -2.03. The van der Waals surface area contributed by atoms with Gasteiger partial charge in [-0.1, -0.05) is 23.3 Å². The maximum atomic E-state index is 11.9. The first-order chi connectivity index (χ1) is 8.31. The summed E-state index contributed by atoms with van der Waals surface area (Å²) in [5, 5.41) is 8.35. The number of hydrogen-bond donors (Lipinski definition) is 1. The van der Waals surface area contributed by atoms with Crippen LogP contribution >= 0.6 is 11.3 Å².